The van der Waals surface area contributed by atoms with Crippen molar-refractivity contribution in [1.29, 1.82) is 0 Å². The number of hydrogen-bond donors (Lipinski definition) is 1. The van der Waals surface area contributed by atoms with Gasteiger partial charge in [0.25, 0.3) is 0 Å². The van der Waals surface area contributed by atoms with Crippen molar-refractivity contribution < 1.29 is 0 Å². The lowest BCUT2D eigenvalue weighted by Crippen LogP contribution is -2.07. The predicted molar refractivity (Wildman–Crippen MR) is 76.4 cm³/mol. The molecule has 6 heteroatoms. The molecular formula is C13H17N5S. The van der Waals surface area contributed by atoms with Gasteiger partial charge in [-0.1, -0.05) is 0 Å². The van der Waals surface area contributed by atoms with Crippen LogP contribution in [-0.4, -0.2) is 31.9 Å². The van der Waals surface area contributed by atoms with Crippen LogP contribution in [0.1, 0.15) is 36.8 Å². The van der Waals surface area contributed by atoms with Crippen LogP contribution in [0.5, 0.6) is 0 Å². The van der Waals surface area contributed by atoms with Crippen molar-refractivity contribution in [1.82, 2.24) is 19.6 Å². The number of thioether (sulfide) groups is 1. The van der Waals surface area contributed by atoms with E-state index in [1.165, 1.54) is 31.4 Å². The average Bonchev–Trinajstić information content (AvgIpc) is 2.92. The molecule has 0 bridgehead atoms. The second kappa shape index (κ2) is 4.67. The number of nitrogens with one attached hydrogen (secondary N) is 1. The Bertz CT molecular complexity index is 586. The molecule has 2 fully saturated rings. The van der Waals surface area contributed by atoms with Gasteiger partial charge in [-0.05, 0) is 37.4 Å². The molecule has 0 unspecified atom stereocenters. The molecule has 0 radical (unpaired) electrons. The SMILES string of the molecule is c1cn2c([C@@H]3CCCS3)nnc2c(NCC2CC2)n1. The molecule has 5 nitrogen and oxygen atoms in total. The average molecular weight is 275 g/mol. The van der Waals surface area contributed by atoms with Crippen LogP contribution in [0.25, 0.3) is 5.65 Å². The van der Waals surface area contributed by atoms with Gasteiger partial charge in [0.15, 0.2) is 11.6 Å². The fourth-order valence-electron chi connectivity index (χ4n) is 2.53. The van der Waals surface area contributed by atoms with Crippen molar-refractivity contribution in [2.75, 3.05) is 17.6 Å². The molecule has 3 heterocycles. The first-order valence-corrected chi connectivity index (χ1v) is 8.02. The molecule has 0 aromatic carbocycles. The van der Waals surface area contributed by atoms with E-state index in [0.29, 0.717) is 5.25 Å². The normalized spacial score (nSPS) is 23.1. The summed E-state index contributed by atoms with van der Waals surface area (Å²) in [6, 6.07) is 0. The molecule has 1 atom stereocenters. The van der Waals surface area contributed by atoms with Crippen molar-refractivity contribution in [3.63, 3.8) is 0 Å². The second-order valence-electron chi connectivity index (χ2n) is 5.35. The number of anilines is 1. The van der Waals surface area contributed by atoms with E-state index in [1.54, 1.807) is 0 Å². The van der Waals surface area contributed by atoms with Crippen LogP contribution in [0, 0.1) is 5.92 Å². The molecule has 1 aliphatic heterocycles. The molecule has 1 N–H and O–H groups in total. The third-order valence-electron chi connectivity index (χ3n) is 3.83. The Kier molecular flexibility index (Phi) is 2.83. The lowest BCUT2D eigenvalue weighted by Gasteiger charge is -2.08. The van der Waals surface area contributed by atoms with Gasteiger partial charge in [0.1, 0.15) is 0 Å². The summed E-state index contributed by atoms with van der Waals surface area (Å²) in [5.41, 5.74) is 0.866. The lowest BCUT2D eigenvalue weighted by atomic mass is 10.2. The van der Waals surface area contributed by atoms with Crippen LogP contribution in [-0.2, 0) is 0 Å². The highest BCUT2D eigenvalue weighted by atomic mass is 32.2. The summed E-state index contributed by atoms with van der Waals surface area (Å²) in [5.74, 6) is 4.01. The summed E-state index contributed by atoms with van der Waals surface area (Å²) >= 11 is 1.98. The molecule has 2 aliphatic rings. The number of fused-ring (bicyclic) bond motifs is 1. The quantitative estimate of drug-likeness (QED) is 0.929. The van der Waals surface area contributed by atoms with Gasteiger partial charge in [-0.2, -0.15) is 11.8 Å². The van der Waals surface area contributed by atoms with Crippen molar-refractivity contribution in [3.05, 3.63) is 18.2 Å². The highest BCUT2D eigenvalue weighted by molar-refractivity contribution is 7.99. The minimum absolute atomic E-state index is 0.494. The van der Waals surface area contributed by atoms with Gasteiger partial charge < -0.3 is 5.32 Å². The van der Waals surface area contributed by atoms with Crippen LogP contribution in [0.3, 0.4) is 0 Å². The number of hydrogen-bond acceptors (Lipinski definition) is 5. The minimum atomic E-state index is 0.494. The van der Waals surface area contributed by atoms with Gasteiger partial charge in [0, 0.05) is 18.9 Å². The molecule has 0 amide bonds. The Morgan fingerprint density at radius 3 is 3.05 bits per heavy atom. The lowest BCUT2D eigenvalue weighted by molar-refractivity contribution is 0.765. The summed E-state index contributed by atoms with van der Waals surface area (Å²) in [6.07, 6.45) is 8.99. The zero-order chi connectivity index (χ0) is 12.7. The fourth-order valence-corrected chi connectivity index (χ4v) is 3.79. The predicted octanol–water partition coefficient (Wildman–Crippen LogP) is 2.51. The maximum absolute atomic E-state index is 4.41. The van der Waals surface area contributed by atoms with Gasteiger partial charge in [0.05, 0.1) is 5.25 Å². The Labute approximate surface area is 116 Å². The molecule has 100 valence electrons. The van der Waals surface area contributed by atoms with E-state index in [2.05, 4.69) is 24.9 Å². The van der Waals surface area contributed by atoms with Gasteiger partial charge >= 0.3 is 0 Å². The van der Waals surface area contributed by atoms with Gasteiger partial charge in [0.2, 0.25) is 5.65 Å². The summed E-state index contributed by atoms with van der Waals surface area (Å²) in [5, 5.41) is 12.6. The van der Waals surface area contributed by atoms with Crippen LogP contribution >= 0.6 is 11.8 Å². The Morgan fingerprint density at radius 2 is 2.26 bits per heavy atom. The van der Waals surface area contributed by atoms with Crippen LogP contribution in [0.2, 0.25) is 0 Å². The maximum Gasteiger partial charge on any atom is 0.203 e. The third kappa shape index (κ3) is 2.18. The standard InChI is InChI=1S/C13H17N5S/c1-2-10(19-7-1)12-16-17-13-11(14-5-6-18(12)13)15-8-9-3-4-9/h5-6,9-10H,1-4,7-8H2,(H,14,15)/t10-/m0/s1. The number of rotatable bonds is 4. The highest BCUT2D eigenvalue weighted by Gasteiger charge is 2.24. The summed E-state index contributed by atoms with van der Waals surface area (Å²) < 4.78 is 2.10. The van der Waals surface area contributed by atoms with E-state index in [9.17, 15) is 0 Å². The van der Waals surface area contributed by atoms with E-state index >= 15 is 0 Å². The van der Waals surface area contributed by atoms with Gasteiger partial charge in [-0.25, -0.2) is 4.98 Å². The molecule has 1 saturated carbocycles. The Hall–Kier alpha value is -1.30. The van der Waals surface area contributed by atoms with Crippen LogP contribution in [0.4, 0.5) is 5.82 Å². The van der Waals surface area contributed by atoms with Crippen LogP contribution in [0.15, 0.2) is 12.4 Å². The first-order valence-electron chi connectivity index (χ1n) is 6.97. The van der Waals surface area contributed by atoms with E-state index < -0.39 is 0 Å². The first kappa shape index (κ1) is 11.5. The number of aromatic nitrogens is 4. The zero-order valence-corrected chi connectivity index (χ0v) is 11.6. The fraction of sp³-hybridized carbons (Fsp3) is 0.615. The first-order chi connectivity index (χ1) is 9.42. The molecule has 1 saturated heterocycles. The third-order valence-corrected chi connectivity index (χ3v) is 5.20. The van der Waals surface area contributed by atoms with E-state index in [1.807, 2.05) is 24.2 Å². The van der Waals surface area contributed by atoms with Crippen molar-refractivity contribution in [2.24, 2.45) is 5.92 Å². The van der Waals surface area contributed by atoms with Crippen LogP contribution < -0.4 is 5.32 Å². The van der Waals surface area contributed by atoms with Crippen molar-refractivity contribution >= 4 is 23.2 Å². The highest BCUT2D eigenvalue weighted by Crippen LogP contribution is 2.39. The minimum Gasteiger partial charge on any atom is -0.367 e. The largest absolute Gasteiger partial charge is 0.367 e. The molecule has 1 aliphatic carbocycles. The second-order valence-corrected chi connectivity index (χ2v) is 6.66. The Balaban J connectivity index is 1.66. The van der Waals surface area contributed by atoms with E-state index in [-0.39, 0.29) is 0 Å². The summed E-state index contributed by atoms with van der Waals surface area (Å²) in [4.78, 5) is 4.41. The Morgan fingerprint density at radius 1 is 1.32 bits per heavy atom. The molecule has 19 heavy (non-hydrogen) atoms. The number of nitrogens with zero attached hydrogens (tertiary/aromatic N) is 4. The monoisotopic (exact) mass is 275 g/mol. The summed E-state index contributed by atoms with van der Waals surface area (Å²) in [7, 11) is 0. The maximum atomic E-state index is 4.41. The molecular weight excluding hydrogens is 258 g/mol. The van der Waals surface area contributed by atoms with E-state index in [4.69, 9.17) is 0 Å². The zero-order valence-electron chi connectivity index (χ0n) is 10.7. The van der Waals surface area contributed by atoms with Crippen molar-refractivity contribution in [3.8, 4) is 0 Å². The van der Waals surface area contributed by atoms with E-state index in [0.717, 1.165) is 29.8 Å². The molecule has 0 spiro atoms. The molecule has 4 rings (SSSR count). The van der Waals surface area contributed by atoms with Crippen molar-refractivity contribution in [2.45, 2.75) is 30.9 Å². The summed E-state index contributed by atoms with van der Waals surface area (Å²) in [6.45, 7) is 1.01. The molecule has 2 aromatic rings. The topological polar surface area (TPSA) is 55.1 Å². The smallest absolute Gasteiger partial charge is 0.203 e. The molecule has 2 aromatic heterocycles. The van der Waals surface area contributed by atoms with Gasteiger partial charge in [-0.3, -0.25) is 4.40 Å². The van der Waals surface area contributed by atoms with Gasteiger partial charge in [-0.15, -0.1) is 10.2 Å².